The van der Waals surface area contributed by atoms with Crippen molar-refractivity contribution in [2.75, 3.05) is 23.8 Å². The molecule has 0 saturated carbocycles. The van der Waals surface area contributed by atoms with Gasteiger partial charge in [0.15, 0.2) is 19.8 Å². The fourth-order valence-corrected chi connectivity index (χ4v) is 8.81. The molecule has 4 aromatic rings. The van der Waals surface area contributed by atoms with Crippen LogP contribution in [0.1, 0.15) is 129 Å². The molecule has 2 atom stereocenters. The number of aromatic nitrogens is 8. The van der Waals surface area contributed by atoms with Gasteiger partial charge in [0, 0.05) is 39.0 Å². The third kappa shape index (κ3) is 9.39. The summed E-state index contributed by atoms with van der Waals surface area (Å²) < 4.78 is 51.6. The molecule has 2 aliphatic rings. The van der Waals surface area contributed by atoms with E-state index in [4.69, 9.17) is 19.8 Å². The molecule has 22 heteroatoms. The smallest absolute Gasteiger partial charge is 0.354 e. The largest absolute Gasteiger partial charge is 0.477 e. The van der Waals surface area contributed by atoms with Crippen LogP contribution in [0.4, 0.5) is 21.0 Å². The molecule has 4 amide bonds. The van der Waals surface area contributed by atoms with Gasteiger partial charge in [0.2, 0.25) is 11.8 Å². The summed E-state index contributed by atoms with van der Waals surface area (Å²) in [4.78, 5) is 25.7. The number of nitrogens with one attached hydrogen (secondary N) is 2. The third-order valence-corrected chi connectivity index (χ3v) is 12.1. The van der Waals surface area contributed by atoms with Gasteiger partial charge in [0.25, 0.3) is 0 Å². The lowest BCUT2D eigenvalue weighted by Crippen LogP contribution is -2.21. The van der Waals surface area contributed by atoms with Crippen molar-refractivity contribution < 1.29 is 27.5 Å². The standard InChI is InChI=1S/2C18H29N7O3S/c2*1-6-24-16(12(4)5)15(14(22-24)11(2)3)21-18(26)23-29(19,27)13-10-20-25-8-7-9-28-17(13)25/h2*10-12H,6-9H2,1-5H3,(H3,19,21,23,26,27). The van der Waals surface area contributed by atoms with Crippen molar-refractivity contribution in [1.82, 2.24) is 39.1 Å². The van der Waals surface area contributed by atoms with E-state index in [1.807, 2.05) is 78.6 Å². The Bertz CT molecular complexity index is 2220. The number of nitrogens with two attached hydrogens (primary N) is 2. The Morgan fingerprint density at radius 3 is 1.36 bits per heavy atom. The molecule has 6 rings (SSSR count). The number of hydrogen-bond acceptors (Lipinski definition) is 10. The van der Waals surface area contributed by atoms with Crippen molar-refractivity contribution in [2.24, 2.45) is 19.0 Å². The van der Waals surface area contributed by atoms with Gasteiger partial charge in [-0.25, -0.2) is 37.6 Å². The lowest BCUT2D eigenvalue weighted by molar-refractivity contribution is 0.224. The SMILES string of the molecule is CCn1nc(C(C)C)c(NC(=O)N=S(N)(=O)c2cnn3c2OCCC3)c1C(C)C.CCn1nc(C(C)C)c(NC(=O)N=S(N)(=O)c2cnn3c2OCCC3)c1C(C)C. The third-order valence-electron chi connectivity index (χ3n) is 9.38. The number of aryl methyl sites for hydroxylation is 4. The van der Waals surface area contributed by atoms with Crippen LogP contribution < -0.4 is 30.4 Å². The Hall–Kier alpha value is -4.80. The van der Waals surface area contributed by atoms with E-state index in [0.29, 0.717) is 62.5 Å². The van der Waals surface area contributed by atoms with Gasteiger partial charge >= 0.3 is 12.1 Å². The molecule has 0 aromatic carbocycles. The van der Waals surface area contributed by atoms with Gasteiger partial charge < -0.3 is 20.1 Å². The summed E-state index contributed by atoms with van der Waals surface area (Å²) >= 11 is 0. The van der Waals surface area contributed by atoms with E-state index in [0.717, 1.165) is 35.6 Å². The van der Waals surface area contributed by atoms with E-state index < -0.39 is 31.9 Å². The highest BCUT2D eigenvalue weighted by Gasteiger charge is 2.28. The molecule has 20 nitrogen and oxygen atoms in total. The number of urea groups is 2. The van der Waals surface area contributed by atoms with Gasteiger partial charge in [-0.15, -0.1) is 8.73 Å². The minimum Gasteiger partial charge on any atom is -0.477 e. The van der Waals surface area contributed by atoms with Gasteiger partial charge in [-0.3, -0.25) is 9.36 Å². The maximum absolute atomic E-state index is 13.0. The summed E-state index contributed by atoms with van der Waals surface area (Å²) in [5.74, 6) is 1.06. The Kier molecular flexibility index (Phi) is 13.7. The number of fused-ring (bicyclic) bond motifs is 2. The molecule has 0 fully saturated rings. The van der Waals surface area contributed by atoms with Crippen molar-refractivity contribution >= 4 is 43.3 Å². The second kappa shape index (κ2) is 18.0. The lowest BCUT2D eigenvalue weighted by atomic mass is 10.0. The minimum absolute atomic E-state index is 0.0916. The van der Waals surface area contributed by atoms with Crippen LogP contribution in [0, 0.1) is 0 Å². The summed E-state index contributed by atoms with van der Waals surface area (Å²) in [6.45, 7) is 23.7. The average Bonchev–Trinajstić information content (AvgIpc) is 3.94. The molecule has 4 aromatic heterocycles. The molecular weight excluding hydrogens is 789 g/mol. The zero-order valence-electron chi connectivity index (χ0n) is 35.0. The molecule has 320 valence electrons. The number of nitrogens with zero attached hydrogens (tertiary/aromatic N) is 10. The summed E-state index contributed by atoms with van der Waals surface area (Å²) in [6.07, 6.45) is 4.31. The molecule has 0 aliphatic carbocycles. The Morgan fingerprint density at radius 2 is 1.05 bits per heavy atom. The normalized spacial score (nSPS) is 15.7. The van der Waals surface area contributed by atoms with E-state index in [9.17, 15) is 18.0 Å². The molecule has 2 aliphatic heterocycles. The predicted molar refractivity (Wildman–Crippen MR) is 221 cm³/mol. The van der Waals surface area contributed by atoms with Gasteiger partial charge in [-0.05, 0) is 37.5 Å². The van der Waals surface area contributed by atoms with Crippen LogP contribution in [0.25, 0.3) is 0 Å². The Morgan fingerprint density at radius 1 is 0.690 bits per heavy atom. The number of carbonyl (C=O) groups excluding carboxylic acids is 2. The van der Waals surface area contributed by atoms with Crippen LogP contribution in [0.15, 0.2) is 30.9 Å². The number of ether oxygens (including phenoxy) is 2. The Balaban J connectivity index is 0.000000221. The highest BCUT2D eigenvalue weighted by molar-refractivity contribution is 7.92. The topological polar surface area (TPSA) is 259 Å². The van der Waals surface area contributed by atoms with Crippen molar-refractivity contribution in [3.63, 3.8) is 0 Å². The highest BCUT2D eigenvalue weighted by Crippen LogP contribution is 2.35. The number of amides is 4. The molecule has 2 unspecified atom stereocenters. The van der Waals surface area contributed by atoms with Crippen molar-refractivity contribution in [3.8, 4) is 11.8 Å². The zero-order valence-corrected chi connectivity index (χ0v) is 36.6. The maximum Gasteiger partial charge on any atom is 0.354 e. The number of rotatable bonds is 10. The molecule has 0 saturated heterocycles. The molecule has 6 N–H and O–H groups in total. The first-order chi connectivity index (χ1) is 27.3. The summed E-state index contributed by atoms with van der Waals surface area (Å²) in [6, 6.07) is -1.57. The second-order valence-corrected chi connectivity index (χ2v) is 18.7. The maximum atomic E-state index is 13.0. The van der Waals surface area contributed by atoms with Crippen LogP contribution in [0.2, 0.25) is 0 Å². The zero-order chi connectivity index (χ0) is 42.7. The molecule has 58 heavy (non-hydrogen) atoms. The fraction of sp³-hybridized carbons (Fsp3) is 0.611. The first-order valence-corrected chi connectivity index (χ1v) is 22.8. The van der Waals surface area contributed by atoms with Crippen LogP contribution in [0.5, 0.6) is 11.8 Å². The molecule has 0 spiro atoms. The molecular formula is C36H58N14O6S2. The minimum atomic E-state index is -3.52. The van der Waals surface area contributed by atoms with Gasteiger partial charge in [-0.2, -0.15) is 20.4 Å². The van der Waals surface area contributed by atoms with Crippen LogP contribution in [0.3, 0.4) is 0 Å². The van der Waals surface area contributed by atoms with E-state index in [1.54, 1.807) is 9.36 Å². The van der Waals surface area contributed by atoms with Crippen molar-refractivity contribution in [2.45, 2.75) is 142 Å². The van der Waals surface area contributed by atoms with Crippen LogP contribution >= 0.6 is 0 Å². The summed E-state index contributed by atoms with van der Waals surface area (Å²) in [5.41, 5.74) is 4.52. The average molecular weight is 847 g/mol. The number of carbonyl (C=O) groups is 2. The fourth-order valence-electron chi connectivity index (χ4n) is 6.80. The van der Waals surface area contributed by atoms with E-state index in [1.165, 1.54) is 12.4 Å². The van der Waals surface area contributed by atoms with Gasteiger partial charge in [0.05, 0.1) is 59.8 Å². The van der Waals surface area contributed by atoms with Crippen LogP contribution in [-0.2, 0) is 46.0 Å². The quantitative estimate of drug-likeness (QED) is 0.142. The summed E-state index contributed by atoms with van der Waals surface area (Å²) in [5, 5.41) is 34.9. The predicted octanol–water partition coefficient (Wildman–Crippen LogP) is 6.12. The Labute approximate surface area is 340 Å². The van der Waals surface area contributed by atoms with E-state index in [-0.39, 0.29) is 33.5 Å². The van der Waals surface area contributed by atoms with Crippen molar-refractivity contribution in [3.05, 3.63) is 35.2 Å². The van der Waals surface area contributed by atoms with Crippen molar-refractivity contribution in [1.29, 1.82) is 0 Å². The molecule has 0 bridgehead atoms. The van der Waals surface area contributed by atoms with Gasteiger partial charge in [-0.1, -0.05) is 55.4 Å². The monoisotopic (exact) mass is 846 g/mol. The number of hydrogen-bond donors (Lipinski definition) is 4. The molecule has 0 radical (unpaired) electrons. The molecule has 6 heterocycles. The lowest BCUT2D eigenvalue weighted by Gasteiger charge is -2.16. The van der Waals surface area contributed by atoms with Crippen LogP contribution in [-0.4, -0.2) is 72.8 Å². The highest BCUT2D eigenvalue weighted by atomic mass is 32.2. The second-order valence-electron chi connectivity index (χ2n) is 15.2. The van der Waals surface area contributed by atoms with E-state index in [2.05, 4.69) is 39.8 Å². The first kappa shape index (κ1) is 44.3. The summed E-state index contributed by atoms with van der Waals surface area (Å²) in [7, 11) is -7.03. The van der Waals surface area contributed by atoms with E-state index >= 15 is 0 Å². The number of anilines is 2. The van der Waals surface area contributed by atoms with Gasteiger partial charge in [0.1, 0.15) is 9.79 Å². The first-order valence-electron chi connectivity index (χ1n) is 19.6.